The van der Waals surface area contributed by atoms with Crippen molar-refractivity contribution in [2.45, 2.75) is 26.3 Å². The van der Waals surface area contributed by atoms with Crippen LogP contribution in [0.5, 0.6) is 5.75 Å². The fourth-order valence-corrected chi connectivity index (χ4v) is 3.14. The Morgan fingerprint density at radius 2 is 2.22 bits per heavy atom. The van der Waals surface area contributed by atoms with Crippen LogP contribution in [0, 0.1) is 5.92 Å². The lowest BCUT2D eigenvalue weighted by atomic mass is 10.0. The largest absolute Gasteiger partial charge is 0.496 e. The Labute approximate surface area is 138 Å². The van der Waals surface area contributed by atoms with E-state index in [1.807, 2.05) is 34.1 Å². The van der Waals surface area contributed by atoms with Crippen LogP contribution in [0.3, 0.4) is 0 Å². The van der Waals surface area contributed by atoms with Crippen LogP contribution in [0.2, 0.25) is 0 Å². The van der Waals surface area contributed by atoms with Crippen molar-refractivity contribution in [3.63, 3.8) is 0 Å². The molecular formula is C18H28N2O3. The summed E-state index contributed by atoms with van der Waals surface area (Å²) in [5, 5.41) is 9.31. The van der Waals surface area contributed by atoms with E-state index >= 15 is 0 Å². The van der Waals surface area contributed by atoms with Crippen molar-refractivity contribution < 1.29 is 14.6 Å². The summed E-state index contributed by atoms with van der Waals surface area (Å²) in [5.74, 6) is 1.54. The smallest absolute Gasteiger partial charge is 0.236 e. The van der Waals surface area contributed by atoms with Gasteiger partial charge in [-0.15, -0.1) is 0 Å². The second-order valence-electron chi connectivity index (χ2n) is 6.33. The molecule has 1 N–H and O–H groups in total. The van der Waals surface area contributed by atoms with E-state index in [1.165, 1.54) is 6.42 Å². The maximum atomic E-state index is 12.5. The predicted octanol–water partition coefficient (Wildman–Crippen LogP) is 1.75. The topological polar surface area (TPSA) is 53.0 Å². The molecule has 1 amide bonds. The first-order valence-corrected chi connectivity index (χ1v) is 8.37. The molecule has 1 aliphatic heterocycles. The molecule has 1 heterocycles. The first kappa shape index (κ1) is 17.8. The monoisotopic (exact) mass is 320 g/mol. The quantitative estimate of drug-likeness (QED) is 0.831. The average molecular weight is 320 g/mol. The molecule has 1 unspecified atom stereocenters. The number of para-hydroxylation sites is 1. The summed E-state index contributed by atoms with van der Waals surface area (Å²) in [5.41, 5.74) is 1.03. The van der Waals surface area contributed by atoms with Gasteiger partial charge in [0.2, 0.25) is 5.91 Å². The van der Waals surface area contributed by atoms with Crippen LogP contribution in [-0.2, 0) is 11.3 Å². The number of carbonyl (C=O) groups is 1. The Morgan fingerprint density at radius 3 is 2.91 bits per heavy atom. The molecule has 0 bridgehead atoms. The summed E-state index contributed by atoms with van der Waals surface area (Å²) in [6.07, 6.45) is 2.28. The van der Waals surface area contributed by atoms with Crippen molar-refractivity contribution in [3.05, 3.63) is 29.8 Å². The number of methoxy groups -OCH3 is 1. The van der Waals surface area contributed by atoms with E-state index in [1.54, 1.807) is 7.11 Å². The summed E-state index contributed by atoms with van der Waals surface area (Å²) < 4.78 is 5.38. The highest BCUT2D eigenvalue weighted by Crippen LogP contribution is 2.20. The fraction of sp³-hybridized carbons (Fsp3) is 0.611. The maximum Gasteiger partial charge on any atom is 0.236 e. The zero-order chi connectivity index (χ0) is 16.7. The average Bonchev–Trinajstić information content (AvgIpc) is 2.55. The zero-order valence-electron chi connectivity index (χ0n) is 14.2. The lowest BCUT2D eigenvalue weighted by Gasteiger charge is -2.33. The number of hydrogen-bond donors (Lipinski definition) is 1. The van der Waals surface area contributed by atoms with Gasteiger partial charge in [-0.1, -0.05) is 25.1 Å². The van der Waals surface area contributed by atoms with Gasteiger partial charge in [-0.2, -0.15) is 0 Å². The molecule has 1 aliphatic rings. The summed E-state index contributed by atoms with van der Waals surface area (Å²) in [6, 6.07) is 7.80. The van der Waals surface area contributed by atoms with Crippen molar-refractivity contribution in [2.75, 3.05) is 39.9 Å². The minimum atomic E-state index is 0.0405. The van der Waals surface area contributed by atoms with Crippen molar-refractivity contribution in [1.29, 1.82) is 0 Å². The van der Waals surface area contributed by atoms with Gasteiger partial charge in [-0.3, -0.25) is 9.69 Å². The molecule has 5 heteroatoms. The number of likely N-dealkylation sites (tertiary alicyclic amines) is 1. The molecule has 0 aromatic heterocycles. The van der Waals surface area contributed by atoms with Crippen LogP contribution in [-0.4, -0.2) is 60.7 Å². The van der Waals surface area contributed by atoms with Gasteiger partial charge in [-0.05, 0) is 24.8 Å². The first-order chi connectivity index (χ1) is 11.1. The van der Waals surface area contributed by atoms with Crippen LogP contribution in [0.25, 0.3) is 0 Å². The molecule has 1 saturated heterocycles. The van der Waals surface area contributed by atoms with E-state index in [-0.39, 0.29) is 12.5 Å². The van der Waals surface area contributed by atoms with Gasteiger partial charge in [0.1, 0.15) is 5.75 Å². The molecule has 0 aliphatic carbocycles. The van der Waals surface area contributed by atoms with E-state index in [0.29, 0.717) is 25.6 Å². The third-order valence-electron chi connectivity index (χ3n) is 4.37. The maximum absolute atomic E-state index is 12.5. The normalized spacial score (nSPS) is 18.3. The van der Waals surface area contributed by atoms with E-state index in [9.17, 15) is 9.90 Å². The summed E-state index contributed by atoms with van der Waals surface area (Å²) >= 11 is 0. The lowest BCUT2D eigenvalue weighted by Crippen LogP contribution is -2.45. The number of hydrogen-bond acceptors (Lipinski definition) is 4. The van der Waals surface area contributed by atoms with E-state index in [2.05, 4.69) is 6.92 Å². The minimum Gasteiger partial charge on any atom is -0.496 e. The fourth-order valence-electron chi connectivity index (χ4n) is 3.14. The Kier molecular flexibility index (Phi) is 6.86. The number of rotatable bonds is 7. The molecule has 128 valence electrons. The van der Waals surface area contributed by atoms with Gasteiger partial charge in [0, 0.05) is 31.7 Å². The second kappa shape index (κ2) is 8.89. The van der Waals surface area contributed by atoms with Crippen molar-refractivity contribution >= 4 is 5.91 Å². The van der Waals surface area contributed by atoms with Crippen LogP contribution in [0.1, 0.15) is 25.3 Å². The third kappa shape index (κ3) is 5.22. The van der Waals surface area contributed by atoms with E-state index in [4.69, 9.17) is 4.74 Å². The number of nitrogens with zero attached hydrogens (tertiary/aromatic N) is 2. The highest BCUT2D eigenvalue weighted by Gasteiger charge is 2.23. The number of ether oxygens (including phenoxy) is 1. The number of amides is 1. The van der Waals surface area contributed by atoms with Gasteiger partial charge < -0.3 is 14.7 Å². The molecule has 1 aromatic rings. The first-order valence-electron chi connectivity index (χ1n) is 8.37. The van der Waals surface area contributed by atoms with Crippen LogP contribution in [0.15, 0.2) is 24.3 Å². The third-order valence-corrected chi connectivity index (χ3v) is 4.37. The Balaban J connectivity index is 1.99. The van der Waals surface area contributed by atoms with Gasteiger partial charge >= 0.3 is 0 Å². The molecule has 2 rings (SSSR count). The predicted molar refractivity (Wildman–Crippen MR) is 90.3 cm³/mol. The van der Waals surface area contributed by atoms with Gasteiger partial charge in [-0.25, -0.2) is 0 Å². The number of carbonyl (C=O) groups excluding carboxylic acids is 1. The SMILES string of the molecule is COc1ccccc1CN(CCO)CC(=O)N1CCCC(C)C1. The van der Waals surface area contributed by atoms with Crippen LogP contribution in [0.4, 0.5) is 0 Å². The van der Waals surface area contributed by atoms with Crippen molar-refractivity contribution in [2.24, 2.45) is 5.92 Å². The van der Waals surface area contributed by atoms with E-state index < -0.39 is 0 Å². The molecule has 0 radical (unpaired) electrons. The molecular weight excluding hydrogens is 292 g/mol. The Hall–Kier alpha value is -1.59. The summed E-state index contributed by atoms with van der Waals surface area (Å²) in [7, 11) is 1.65. The molecule has 1 aromatic carbocycles. The highest BCUT2D eigenvalue weighted by molar-refractivity contribution is 5.78. The standard InChI is InChI=1S/C18H28N2O3/c1-15-6-5-9-20(12-15)18(22)14-19(10-11-21)13-16-7-3-4-8-17(16)23-2/h3-4,7-8,15,21H,5-6,9-14H2,1-2H3. The molecule has 0 saturated carbocycles. The zero-order valence-corrected chi connectivity index (χ0v) is 14.2. The Bertz CT molecular complexity index is 507. The Morgan fingerprint density at radius 1 is 1.43 bits per heavy atom. The molecule has 5 nitrogen and oxygen atoms in total. The number of piperidine rings is 1. The molecule has 1 atom stereocenters. The van der Waals surface area contributed by atoms with E-state index in [0.717, 1.165) is 30.8 Å². The summed E-state index contributed by atoms with van der Waals surface area (Å²) in [6.45, 7) is 5.35. The van der Waals surface area contributed by atoms with Gasteiger partial charge in [0.05, 0.1) is 20.3 Å². The molecule has 1 fully saturated rings. The van der Waals surface area contributed by atoms with Gasteiger partial charge in [0.15, 0.2) is 0 Å². The molecule has 23 heavy (non-hydrogen) atoms. The summed E-state index contributed by atoms with van der Waals surface area (Å²) in [4.78, 5) is 16.5. The lowest BCUT2D eigenvalue weighted by molar-refractivity contribution is -0.134. The second-order valence-corrected chi connectivity index (χ2v) is 6.33. The number of benzene rings is 1. The van der Waals surface area contributed by atoms with Crippen molar-refractivity contribution in [1.82, 2.24) is 9.80 Å². The minimum absolute atomic E-state index is 0.0405. The number of aliphatic hydroxyl groups is 1. The molecule has 0 spiro atoms. The number of aliphatic hydroxyl groups excluding tert-OH is 1. The van der Waals surface area contributed by atoms with Gasteiger partial charge in [0.25, 0.3) is 0 Å². The highest BCUT2D eigenvalue weighted by atomic mass is 16.5. The van der Waals surface area contributed by atoms with Crippen LogP contribution < -0.4 is 4.74 Å². The van der Waals surface area contributed by atoms with Crippen molar-refractivity contribution in [3.8, 4) is 5.75 Å². The van der Waals surface area contributed by atoms with Crippen LogP contribution >= 0.6 is 0 Å².